The Morgan fingerprint density at radius 1 is 1.14 bits per heavy atom. The van der Waals surface area contributed by atoms with Crippen molar-refractivity contribution in [2.24, 2.45) is 0 Å². The average Bonchev–Trinajstić information content (AvgIpc) is 2.67. The molecule has 0 bridgehead atoms. The van der Waals surface area contributed by atoms with Crippen molar-refractivity contribution in [1.29, 1.82) is 0 Å². The van der Waals surface area contributed by atoms with E-state index in [-0.39, 0.29) is 5.91 Å². The van der Waals surface area contributed by atoms with Crippen LogP contribution < -0.4 is 9.62 Å². The maximum atomic E-state index is 12.7. The molecule has 0 aliphatic heterocycles. The Morgan fingerprint density at radius 2 is 1.76 bits per heavy atom. The molecule has 0 heterocycles. The molecule has 1 N–H and O–H groups in total. The number of thioether (sulfide) groups is 1. The molecule has 2 rings (SSSR count). The molecule has 0 spiro atoms. The SMILES string of the molecule is CC[C@H](C(=O)NCCSCc1ccc(C)cc1)N(c1ccc(Cl)cc1)S(C)(=O)=O. The first-order chi connectivity index (χ1) is 13.7. The van der Waals surface area contributed by atoms with Crippen LogP contribution in [-0.4, -0.2) is 38.9 Å². The number of rotatable bonds is 10. The maximum Gasteiger partial charge on any atom is 0.243 e. The number of benzene rings is 2. The highest BCUT2D eigenvalue weighted by Gasteiger charge is 2.31. The maximum absolute atomic E-state index is 12.7. The van der Waals surface area contributed by atoms with Gasteiger partial charge in [0.2, 0.25) is 15.9 Å². The molecule has 0 aliphatic rings. The summed E-state index contributed by atoms with van der Waals surface area (Å²) >= 11 is 7.63. The van der Waals surface area contributed by atoms with Gasteiger partial charge in [-0.3, -0.25) is 9.10 Å². The van der Waals surface area contributed by atoms with Gasteiger partial charge >= 0.3 is 0 Å². The second-order valence-electron chi connectivity index (χ2n) is 6.79. The van der Waals surface area contributed by atoms with Crippen molar-refractivity contribution in [3.05, 3.63) is 64.7 Å². The van der Waals surface area contributed by atoms with Crippen molar-refractivity contribution < 1.29 is 13.2 Å². The van der Waals surface area contributed by atoms with Gasteiger partial charge in [-0.2, -0.15) is 11.8 Å². The Kier molecular flexibility index (Phi) is 8.86. The number of nitrogens with one attached hydrogen (secondary N) is 1. The molecule has 2 aromatic carbocycles. The van der Waals surface area contributed by atoms with Gasteiger partial charge < -0.3 is 5.32 Å². The van der Waals surface area contributed by atoms with Crippen LogP contribution in [0.4, 0.5) is 5.69 Å². The molecule has 1 amide bonds. The summed E-state index contributed by atoms with van der Waals surface area (Å²) in [4.78, 5) is 12.7. The van der Waals surface area contributed by atoms with Crippen LogP contribution in [0.15, 0.2) is 48.5 Å². The summed E-state index contributed by atoms with van der Waals surface area (Å²) in [6.45, 7) is 4.33. The topological polar surface area (TPSA) is 66.5 Å². The van der Waals surface area contributed by atoms with Crippen molar-refractivity contribution in [3.63, 3.8) is 0 Å². The Bertz CT molecular complexity index is 901. The summed E-state index contributed by atoms with van der Waals surface area (Å²) in [5.74, 6) is 1.31. The van der Waals surface area contributed by atoms with Crippen molar-refractivity contribution in [3.8, 4) is 0 Å². The summed E-state index contributed by atoms with van der Waals surface area (Å²) in [7, 11) is -3.64. The van der Waals surface area contributed by atoms with E-state index in [0.29, 0.717) is 23.7 Å². The lowest BCUT2D eigenvalue weighted by molar-refractivity contribution is -0.122. The summed E-state index contributed by atoms with van der Waals surface area (Å²) in [6.07, 6.45) is 1.47. The molecule has 0 aromatic heterocycles. The lowest BCUT2D eigenvalue weighted by Crippen LogP contribution is -2.49. The number of amides is 1. The van der Waals surface area contributed by atoms with Crippen LogP contribution in [0.3, 0.4) is 0 Å². The first kappa shape index (κ1) is 23.6. The molecule has 158 valence electrons. The fraction of sp³-hybridized carbons (Fsp3) is 0.381. The number of carbonyl (C=O) groups is 1. The van der Waals surface area contributed by atoms with E-state index in [1.54, 1.807) is 43.0 Å². The molecule has 0 saturated carbocycles. The molecule has 0 radical (unpaired) electrons. The minimum atomic E-state index is -3.64. The molecule has 29 heavy (non-hydrogen) atoms. The first-order valence-corrected chi connectivity index (χ1v) is 12.8. The summed E-state index contributed by atoms with van der Waals surface area (Å²) < 4.78 is 25.9. The molecular formula is C21H27ClN2O3S2. The van der Waals surface area contributed by atoms with Crippen LogP contribution in [0.25, 0.3) is 0 Å². The smallest absolute Gasteiger partial charge is 0.243 e. The van der Waals surface area contributed by atoms with Gasteiger partial charge in [0.1, 0.15) is 6.04 Å². The number of hydrogen-bond donors (Lipinski definition) is 1. The van der Waals surface area contributed by atoms with Gasteiger partial charge in [-0.25, -0.2) is 8.42 Å². The van der Waals surface area contributed by atoms with Crippen LogP contribution in [0.5, 0.6) is 0 Å². The quantitative estimate of drug-likeness (QED) is 0.545. The van der Waals surface area contributed by atoms with Crippen molar-refractivity contribution in [1.82, 2.24) is 5.32 Å². The number of carbonyl (C=O) groups excluding carboxylic acids is 1. The average molecular weight is 455 g/mol. The van der Waals surface area contributed by atoms with Crippen molar-refractivity contribution >= 4 is 45.0 Å². The third-order valence-electron chi connectivity index (χ3n) is 4.35. The van der Waals surface area contributed by atoms with E-state index in [1.165, 1.54) is 11.1 Å². The van der Waals surface area contributed by atoms with Gasteiger partial charge in [-0.05, 0) is 43.2 Å². The Morgan fingerprint density at radius 3 is 2.31 bits per heavy atom. The lowest BCUT2D eigenvalue weighted by Gasteiger charge is -2.30. The fourth-order valence-electron chi connectivity index (χ4n) is 2.89. The van der Waals surface area contributed by atoms with E-state index in [4.69, 9.17) is 11.6 Å². The first-order valence-electron chi connectivity index (χ1n) is 9.38. The van der Waals surface area contributed by atoms with E-state index in [9.17, 15) is 13.2 Å². The molecule has 0 fully saturated rings. The fourth-order valence-corrected chi connectivity index (χ4v) is 5.04. The third kappa shape index (κ3) is 7.24. The van der Waals surface area contributed by atoms with Crippen LogP contribution in [0.2, 0.25) is 5.02 Å². The number of sulfonamides is 1. The Balaban J connectivity index is 1.94. The highest BCUT2D eigenvalue weighted by Crippen LogP contribution is 2.24. The zero-order valence-electron chi connectivity index (χ0n) is 16.9. The zero-order chi connectivity index (χ0) is 21.4. The Labute approximate surface area is 182 Å². The molecule has 0 saturated heterocycles. The van der Waals surface area contributed by atoms with Crippen LogP contribution in [0.1, 0.15) is 24.5 Å². The molecule has 0 unspecified atom stereocenters. The summed E-state index contributed by atoms with van der Waals surface area (Å²) in [6, 6.07) is 14.0. The molecule has 2 aromatic rings. The van der Waals surface area contributed by atoms with E-state index in [0.717, 1.165) is 22.1 Å². The predicted molar refractivity (Wildman–Crippen MR) is 123 cm³/mol. The molecule has 8 heteroatoms. The van der Waals surface area contributed by atoms with E-state index >= 15 is 0 Å². The monoisotopic (exact) mass is 454 g/mol. The van der Waals surface area contributed by atoms with Gasteiger partial charge in [0, 0.05) is 23.1 Å². The normalized spacial score (nSPS) is 12.4. The van der Waals surface area contributed by atoms with Gasteiger partial charge in [0.25, 0.3) is 0 Å². The molecule has 5 nitrogen and oxygen atoms in total. The summed E-state index contributed by atoms with van der Waals surface area (Å²) in [5, 5.41) is 3.38. The highest BCUT2D eigenvalue weighted by atomic mass is 35.5. The highest BCUT2D eigenvalue weighted by molar-refractivity contribution is 7.98. The second-order valence-corrected chi connectivity index (χ2v) is 10.2. The van der Waals surface area contributed by atoms with Crippen LogP contribution in [-0.2, 0) is 20.6 Å². The number of nitrogens with zero attached hydrogens (tertiary/aromatic N) is 1. The standard InChI is InChI=1S/C21H27ClN2O3S2/c1-4-20(24(29(3,26)27)19-11-9-18(22)10-12-19)21(25)23-13-14-28-15-17-7-5-16(2)6-8-17/h5-12,20H,4,13-15H2,1-3H3,(H,23,25)/t20-/m1/s1. The summed E-state index contributed by atoms with van der Waals surface area (Å²) in [5.41, 5.74) is 2.89. The van der Waals surface area contributed by atoms with Gasteiger partial charge in [0.05, 0.1) is 11.9 Å². The van der Waals surface area contributed by atoms with Gasteiger partial charge in [-0.15, -0.1) is 0 Å². The van der Waals surface area contributed by atoms with Crippen molar-refractivity contribution in [2.45, 2.75) is 32.1 Å². The molecule has 1 atom stereocenters. The minimum Gasteiger partial charge on any atom is -0.353 e. The van der Waals surface area contributed by atoms with Crippen molar-refractivity contribution in [2.75, 3.05) is 22.9 Å². The Hall–Kier alpha value is -1.70. The third-order valence-corrected chi connectivity index (χ3v) is 6.81. The number of aryl methyl sites for hydroxylation is 1. The van der Waals surface area contributed by atoms with Crippen LogP contribution >= 0.6 is 23.4 Å². The van der Waals surface area contributed by atoms with E-state index in [1.807, 2.05) is 0 Å². The van der Waals surface area contributed by atoms with Crippen LogP contribution in [0, 0.1) is 6.92 Å². The number of hydrogen-bond acceptors (Lipinski definition) is 4. The number of halogens is 1. The number of anilines is 1. The molecule has 0 aliphatic carbocycles. The largest absolute Gasteiger partial charge is 0.353 e. The zero-order valence-corrected chi connectivity index (χ0v) is 19.3. The minimum absolute atomic E-state index is 0.302. The predicted octanol–water partition coefficient (Wildman–Crippen LogP) is 4.24. The van der Waals surface area contributed by atoms with E-state index < -0.39 is 16.1 Å². The molecular weight excluding hydrogens is 428 g/mol. The lowest BCUT2D eigenvalue weighted by atomic mass is 10.2. The van der Waals surface area contributed by atoms with Gasteiger partial charge in [-0.1, -0.05) is 48.4 Å². The van der Waals surface area contributed by atoms with Gasteiger partial charge in [0.15, 0.2) is 0 Å². The second kappa shape index (κ2) is 10.9. The van der Waals surface area contributed by atoms with E-state index in [2.05, 4.69) is 36.5 Å².